The van der Waals surface area contributed by atoms with Gasteiger partial charge in [0.2, 0.25) is 6.08 Å². The minimum atomic E-state index is -0.737. The summed E-state index contributed by atoms with van der Waals surface area (Å²) < 4.78 is 0. The van der Waals surface area contributed by atoms with Crippen LogP contribution in [0.1, 0.15) is 30.9 Å². The summed E-state index contributed by atoms with van der Waals surface area (Å²) in [4.78, 5) is 14.5. The zero-order valence-electron chi connectivity index (χ0n) is 10.6. The molecule has 0 bridgehead atoms. The minimum Gasteiger partial charge on any atom is -0.211 e. The van der Waals surface area contributed by atoms with E-state index in [-0.39, 0.29) is 0 Å². The summed E-state index contributed by atoms with van der Waals surface area (Å²) in [6, 6.07) is 8.10. The number of fused-ring (bicyclic) bond motifs is 1. The Labute approximate surface area is 107 Å². The van der Waals surface area contributed by atoms with E-state index in [4.69, 9.17) is 0 Å². The van der Waals surface area contributed by atoms with Gasteiger partial charge in [0.05, 0.1) is 6.54 Å². The summed E-state index contributed by atoms with van der Waals surface area (Å²) in [7, 11) is 0. The second-order valence-electron chi connectivity index (χ2n) is 4.63. The van der Waals surface area contributed by atoms with Gasteiger partial charge in [0.1, 0.15) is 0 Å². The van der Waals surface area contributed by atoms with Gasteiger partial charge in [-0.15, -0.1) is 0 Å². The average molecular weight is 243 g/mol. The lowest BCUT2D eigenvalue weighted by atomic mass is 10.1. The van der Waals surface area contributed by atoms with Crippen molar-refractivity contribution in [2.24, 2.45) is 15.2 Å². The highest BCUT2D eigenvalue weighted by Crippen LogP contribution is 2.34. The Bertz CT molecular complexity index is 465. The van der Waals surface area contributed by atoms with E-state index in [9.17, 15) is 4.79 Å². The maximum Gasteiger partial charge on any atom is 0.237 e. The normalized spacial score (nSPS) is 16.5. The number of unbranched alkanes of at least 4 members (excludes halogenated alkanes) is 1. The molecule has 4 heteroatoms. The molecule has 1 aromatic rings. The summed E-state index contributed by atoms with van der Waals surface area (Å²) in [6.45, 7) is 2.81. The van der Waals surface area contributed by atoms with Crippen molar-refractivity contribution in [3.63, 3.8) is 0 Å². The van der Waals surface area contributed by atoms with Gasteiger partial charge in [0, 0.05) is 12.8 Å². The first kappa shape index (κ1) is 12.7. The number of aliphatic imine (C=N–C) groups is 1. The minimum absolute atomic E-state index is 0.647. The largest absolute Gasteiger partial charge is 0.237 e. The van der Waals surface area contributed by atoms with Crippen LogP contribution in [0, 0.1) is 0 Å². The van der Waals surface area contributed by atoms with Gasteiger partial charge in [0.25, 0.3) is 0 Å². The second kappa shape index (κ2) is 5.69. The van der Waals surface area contributed by atoms with Crippen molar-refractivity contribution in [2.75, 3.05) is 6.54 Å². The van der Waals surface area contributed by atoms with E-state index in [1.54, 1.807) is 6.08 Å². The SMILES string of the molecule is CCCC/N=N/C1(N=C=O)Cc2ccccc2C1. The highest BCUT2D eigenvalue weighted by molar-refractivity contribution is 5.41. The van der Waals surface area contributed by atoms with E-state index in [1.807, 2.05) is 12.1 Å². The lowest BCUT2D eigenvalue weighted by Crippen LogP contribution is -2.23. The number of hydrogen-bond acceptors (Lipinski definition) is 4. The van der Waals surface area contributed by atoms with Crippen LogP contribution in [0.25, 0.3) is 0 Å². The molecule has 94 valence electrons. The van der Waals surface area contributed by atoms with Crippen molar-refractivity contribution in [1.82, 2.24) is 0 Å². The van der Waals surface area contributed by atoms with E-state index < -0.39 is 5.66 Å². The Morgan fingerprint density at radius 1 is 1.28 bits per heavy atom. The van der Waals surface area contributed by atoms with Crippen molar-refractivity contribution in [3.8, 4) is 0 Å². The predicted molar refractivity (Wildman–Crippen MR) is 69.3 cm³/mol. The van der Waals surface area contributed by atoms with Gasteiger partial charge in [-0.3, -0.25) is 0 Å². The Morgan fingerprint density at radius 3 is 2.50 bits per heavy atom. The number of rotatable bonds is 5. The summed E-state index contributed by atoms with van der Waals surface area (Å²) in [6.07, 6.45) is 5.04. The molecule has 0 heterocycles. The van der Waals surface area contributed by atoms with Crippen molar-refractivity contribution >= 4 is 6.08 Å². The molecule has 1 aliphatic rings. The average Bonchev–Trinajstić information content (AvgIpc) is 2.73. The van der Waals surface area contributed by atoms with Crippen LogP contribution in [-0.4, -0.2) is 18.3 Å². The fourth-order valence-electron chi connectivity index (χ4n) is 2.24. The van der Waals surface area contributed by atoms with Gasteiger partial charge >= 0.3 is 0 Å². The highest BCUT2D eigenvalue weighted by Gasteiger charge is 2.37. The van der Waals surface area contributed by atoms with Crippen LogP contribution in [0.4, 0.5) is 0 Å². The molecule has 0 amide bonds. The number of carbonyl (C=O) groups excluding carboxylic acids is 1. The molecule has 0 fully saturated rings. The quantitative estimate of drug-likeness (QED) is 0.339. The van der Waals surface area contributed by atoms with Gasteiger partial charge in [-0.25, -0.2) is 4.79 Å². The van der Waals surface area contributed by atoms with Gasteiger partial charge in [-0.05, 0) is 17.5 Å². The third-order valence-electron chi connectivity index (χ3n) is 3.19. The summed E-state index contributed by atoms with van der Waals surface area (Å²) in [5.74, 6) is 0. The number of benzene rings is 1. The van der Waals surface area contributed by atoms with Crippen molar-refractivity contribution in [1.29, 1.82) is 0 Å². The molecule has 18 heavy (non-hydrogen) atoms. The lowest BCUT2D eigenvalue weighted by Gasteiger charge is -2.14. The molecule has 0 aliphatic heterocycles. The van der Waals surface area contributed by atoms with Crippen LogP contribution in [0.3, 0.4) is 0 Å². The smallest absolute Gasteiger partial charge is 0.211 e. The summed E-state index contributed by atoms with van der Waals surface area (Å²) in [5, 5.41) is 8.46. The highest BCUT2D eigenvalue weighted by atomic mass is 16.1. The van der Waals surface area contributed by atoms with E-state index in [2.05, 4.69) is 34.3 Å². The summed E-state index contributed by atoms with van der Waals surface area (Å²) in [5.41, 5.74) is 1.66. The van der Waals surface area contributed by atoms with Gasteiger partial charge in [-0.2, -0.15) is 15.2 Å². The van der Waals surface area contributed by atoms with Crippen LogP contribution < -0.4 is 0 Å². The fraction of sp³-hybridized carbons (Fsp3) is 0.500. The zero-order chi connectivity index (χ0) is 12.8. The van der Waals surface area contributed by atoms with Crippen LogP contribution in [-0.2, 0) is 17.6 Å². The third-order valence-corrected chi connectivity index (χ3v) is 3.19. The molecule has 0 aromatic heterocycles. The molecule has 0 saturated carbocycles. The predicted octanol–water partition coefficient (Wildman–Crippen LogP) is 3.07. The number of hydrogen-bond donors (Lipinski definition) is 0. The van der Waals surface area contributed by atoms with E-state index in [1.165, 1.54) is 11.1 Å². The Hall–Kier alpha value is -1.80. The Morgan fingerprint density at radius 2 is 1.94 bits per heavy atom. The van der Waals surface area contributed by atoms with Crippen LogP contribution in [0.15, 0.2) is 39.5 Å². The molecular weight excluding hydrogens is 226 g/mol. The molecule has 4 nitrogen and oxygen atoms in total. The standard InChI is InChI=1S/C14H17N3O/c1-2-3-8-16-17-14(15-11-18)9-12-6-4-5-7-13(12)10-14/h4-7H,2-3,8-10H2,1H3/b17-16+. The van der Waals surface area contributed by atoms with Crippen LogP contribution in [0.2, 0.25) is 0 Å². The van der Waals surface area contributed by atoms with E-state index in [0.717, 1.165) is 12.8 Å². The molecule has 0 atom stereocenters. The molecular formula is C14H17N3O. The van der Waals surface area contributed by atoms with Gasteiger partial charge in [-0.1, -0.05) is 37.6 Å². The van der Waals surface area contributed by atoms with Crippen molar-refractivity contribution < 1.29 is 4.79 Å². The van der Waals surface area contributed by atoms with Gasteiger partial charge < -0.3 is 0 Å². The molecule has 1 aromatic carbocycles. The number of nitrogens with zero attached hydrogens (tertiary/aromatic N) is 3. The monoisotopic (exact) mass is 243 g/mol. The molecule has 2 rings (SSSR count). The van der Waals surface area contributed by atoms with Crippen LogP contribution in [0.5, 0.6) is 0 Å². The topological polar surface area (TPSA) is 54.1 Å². The fourth-order valence-corrected chi connectivity index (χ4v) is 2.24. The van der Waals surface area contributed by atoms with E-state index >= 15 is 0 Å². The first-order chi connectivity index (χ1) is 8.79. The molecule has 0 N–H and O–H groups in total. The lowest BCUT2D eigenvalue weighted by molar-refractivity contribution is 0.437. The third kappa shape index (κ3) is 2.71. The maximum atomic E-state index is 10.6. The van der Waals surface area contributed by atoms with E-state index in [0.29, 0.717) is 19.4 Å². The first-order valence-electron chi connectivity index (χ1n) is 6.34. The number of isocyanates is 1. The molecule has 0 radical (unpaired) electrons. The Balaban J connectivity index is 2.17. The van der Waals surface area contributed by atoms with Crippen molar-refractivity contribution in [2.45, 2.75) is 38.3 Å². The van der Waals surface area contributed by atoms with Crippen LogP contribution >= 0.6 is 0 Å². The summed E-state index contributed by atoms with van der Waals surface area (Å²) >= 11 is 0. The second-order valence-corrected chi connectivity index (χ2v) is 4.63. The molecule has 0 spiro atoms. The molecule has 0 unspecified atom stereocenters. The molecule has 0 saturated heterocycles. The zero-order valence-corrected chi connectivity index (χ0v) is 10.6. The van der Waals surface area contributed by atoms with Crippen molar-refractivity contribution in [3.05, 3.63) is 35.4 Å². The maximum absolute atomic E-state index is 10.6. The van der Waals surface area contributed by atoms with Gasteiger partial charge in [0.15, 0.2) is 5.66 Å². The molecule has 1 aliphatic carbocycles. The first-order valence-corrected chi connectivity index (χ1v) is 6.34. The number of azo groups is 1. The Kier molecular flexibility index (Phi) is 4.00.